The SMILES string of the molecule is COC(=O)c1ccc(NC(=O)c2ccc(NC(=O)c3ccc(NC(=O)OC(C)(C)C)c(OCCO)c3)c(OCCO)c2)c(OCC(C)=O)c1. The Morgan fingerprint density at radius 2 is 1.08 bits per heavy atom. The topological polar surface area (TPSA) is 208 Å². The average Bonchev–Trinajstić information content (AvgIpc) is 3.05. The lowest BCUT2D eigenvalue weighted by atomic mass is 10.1. The second-order valence-corrected chi connectivity index (χ2v) is 11.3. The number of hydrogen-bond donors (Lipinski definition) is 5. The predicted molar refractivity (Wildman–Crippen MR) is 178 cm³/mol. The fraction of sp³-hybridized carbons (Fsp3) is 0.324. The van der Waals surface area contributed by atoms with Gasteiger partial charge in [-0.15, -0.1) is 0 Å². The van der Waals surface area contributed by atoms with Crippen molar-refractivity contribution in [3.63, 3.8) is 0 Å². The van der Waals surface area contributed by atoms with E-state index < -0.39 is 29.5 Å². The number of aliphatic hydroxyl groups excluding tert-OH is 2. The summed E-state index contributed by atoms with van der Waals surface area (Å²) >= 11 is 0. The van der Waals surface area contributed by atoms with Crippen molar-refractivity contribution < 1.29 is 57.9 Å². The van der Waals surface area contributed by atoms with E-state index in [-0.39, 0.29) is 89.8 Å². The molecule has 0 bridgehead atoms. The molecule has 0 heterocycles. The number of esters is 1. The van der Waals surface area contributed by atoms with Gasteiger partial charge in [-0.1, -0.05) is 0 Å². The lowest BCUT2D eigenvalue weighted by Gasteiger charge is -2.20. The van der Waals surface area contributed by atoms with Gasteiger partial charge in [0.1, 0.15) is 42.7 Å². The van der Waals surface area contributed by atoms with Crippen molar-refractivity contribution in [3.8, 4) is 17.2 Å². The first-order valence-electron chi connectivity index (χ1n) is 15.0. The number of Topliss-reactive ketones (excluding diaryl/α,β-unsaturated/α-hetero) is 1. The van der Waals surface area contributed by atoms with E-state index in [2.05, 4.69) is 16.0 Å². The quantitative estimate of drug-likeness (QED) is 0.144. The van der Waals surface area contributed by atoms with Gasteiger partial charge in [-0.05, 0) is 82.3 Å². The van der Waals surface area contributed by atoms with Gasteiger partial charge < -0.3 is 44.5 Å². The highest BCUT2D eigenvalue weighted by molar-refractivity contribution is 6.08. The summed E-state index contributed by atoms with van der Waals surface area (Å²) in [5.74, 6) is -1.94. The van der Waals surface area contributed by atoms with Crippen molar-refractivity contribution in [1.82, 2.24) is 0 Å². The number of ketones is 1. The highest BCUT2D eigenvalue weighted by atomic mass is 16.6. The number of anilines is 3. The lowest BCUT2D eigenvalue weighted by Crippen LogP contribution is -2.27. The summed E-state index contributed by atoms with van der Waals surface area (Å²) in [6.45, 7) is 5.18. The summed E-state index contributed by atoms with van der Waals surface area (Å²) in [4.78, 5) is 62.4. The van der Waals surface area contributed by atoms with Gasteiger partial charge in [-0.25, -0.2) is 9.59 Å². The molecular weight excluding hydrogens is 642 g/mol. The Labute approximate surface area is 282 Å². The summed E-state index contributed by atoms with van der Waals surface area (Å²) < 4.78 is 26.7. The first-order valence-corrected chi connectivity index (χ1v) is 15.0. The minimum Gasteiger partial charge on any atom is -0.489 e. The summed E-state index contributed by atoms with van der Waals surface area (Å²) in [5.41, 5.74) is 0.127. The molecule has 15 heteroatoms. The molecule has 15 nitrogen and oxygen atoms in total. The number of carbonyl (C=O) groups excluding carboxylic acids is 5. The van der Waals surface area contributed by atoms with Crippen molar-refractivity contribution in [3.05, 3.63) is 71.3 Å². The number of rotatable bonds is 15. The molecule has 3 amide bonds. The maximum atomic E-state index is 13.3. The summed E-state index contributed by atoms with van der Waals surface area (Å²) in [5, 5.41) is 26.6. The maximum absolute atomic E-state index is 13.3. The summed E-state index contributed by atoms with van der Waals surface area (Å²) in [6.07, 6.45) is -0.744. The number of ether oxygens (including phenoxy) is 5. The van der Waals surface area contributed by atoms with Gasteiger partial charge in [0.25, 0.3) is 11.8 Å². The molecule has 0 aliphatic rings. The fourth-order valence-electron chi connectivity index (χ4n) is 4.06. The Balaban J connectivity index is 1.86. The number of carbonyl (C=O) groups is 5. The highest BCUT2D eigenvalue weighted by Crippen LogP contribution is 2.31. The van der Waals surface area contributed by atoms with Crippen molar-refractivity contribution in [2.24, 2.45) is 0 Å². The van der Waals surface area contributed by atoms with Gasteiger partial charge >= 0.3 is 12.1 Å². The first-order chi connectivity index (χ1) is 23.2. The van der Waals surface area contributed by atoms with Crippen molar-refractivity contribution in [1.29, 1.82) is 0 Å². The molecule has 3 aromatic rings. The molecule has 5 N–H and O–H groups in total. The van der Waals surface area contributed by atoms with Crippen LogP contribution in [0.1, 0.15) is 58.8 Å². The van der Waals surface area contributed by atoms with E-state index in [0.717, 1.165) is 0 Å². The molecule has 0 aromatic heterocycles. The molecule has 0 saturated carbocycles. The molecule has 0 fully saturated rings. The molecule has 0 atom stereocenters. The van der Waals surface area contributed by atoms with Crippen LogP contribution in [0, 0.1) is 0 Å². The molecule has 0 radical (unpaired) electrons. The smallest absolute Gasteiger partial charge is 0.412 e. The van der Waals surface area contributed by atoms with Gasteiger partial charge in [0.2, 0.25) is 0 Å². The van der Waals surface area contributed by atoms with E-state index in [1.54, 1.807) is 20.8 Å². The van der Waals surface area contributed by atoms with E-state index in [9.17, 15) is 34.2 Å². The van der Waals surface area contributed by atoms with Crippen LogP contribution in [0.15, 0.2) is 54.6 Å². The van der Waals surface area contributed by atoms with Crippen LogP contribution in [-0.2, 0) is 14.3 Å². The van der Waals surface area contributed by atoms with E-state index in [1.165, 1.54) is 68.6 Å². The van der Waals surface area contributed by atoms with Crippen molar-refractivity contribution in [2.75, 3.05) is 56.1 Å². The minimum atomic E-state index is -0.757. The van der Waals surface area contributed by atoms with E-state index in [4.69, 9.17) is 23.7 Å². The Kier molecular flexibility index (Phi) is 13.5. The molecule has 0 saturated heterocycles. The van der Waals surface area contributed by atoms with Gasteiger partial charge in [0.15, 0.2) is 5.78 Å². The lowest BCUT2D eigenvalue weighted by molar-refractivity contribution is -0.118. The molecule has 0 aliphatic carbocycles. The summed E-state index contributed by atoms with van der Waals surface area (Å²) in [7, 11) is 1.21. The second kappa shape index (κ2) is 17.5. The average molecular weight is 682 g/mol. The third-order valence-electron chi connectivity index (χ3n) is 6.15. The van der Waals surface area contributed by atoms with Crippen LogP contribution in [0.5, 0.6) is 17.2 Å². The maximum Gasteiger partial charge on any atom is 0.412 e. The zero-order valence-electron chi connectivity index (χ0n) is 27.7. The summed E-state index contributed by atoms with van der Waals surface area (Å²) in [6, 6.07) is 12.6. The molecular formula is C34H39N3O12. The Morgan fingerprint density at radius 1 is 0.653 bits per heavy atom. The molecule has 0 unspecified atom stereocenters. The predicted octanol–water partition coefficient (Wildman–Crippen LogP) is 4.03. The Morgan fingerprint density at radius 3 is 1.51 bits per heavy atom. The van der Waals surface area contributed by atoms with Crippen molar-refractivity contribution >= 4 is 46.7 Å². The number of hydrogen-bond acceptors (Lipinski definition) is 12. The Hall–Kier alpha value is -5.67. The first kappa shape index (κ1) is 37.8. The normalized spacial score (nSPS) is 10.8. The zero-order valence-corrected chi connectivity index (χ0v) is 27.7. The number of nitrogens with one attached hydrogen (secondary N) is 3. The third kappa shape index (κ3) is 11.5. The van der Waals surface area contributed by atoms with Gasteiger partial charge in [-0.2, -0.15) is 0 Å². The number of benzene rings is 3. The van der Waals surface area contributed by atoms with Crippen LogP contribution in [0.3, 0.4) is 0 Å². The van der Waals surface area contributed by atoms with Crippen LogP contribution < -0.4 is 30.2 Å². The molecule has 3 aromatic carbocycles. The van der Waals surface area contributed by atoms with Crippen LogP contribution in [-0.4, -0.2) is 85.6 Å². The molecule has 0 aliphatic heterocycles. The van der Waals surface area contributed by atoms with Crippen LogP contribution >= 0.6 is 0 Å². The number of methoxy groups -OCH3 is 1. The van der Waals surface area contributed by atoms with Crippen LogP contribution in [0.25, 0.3) is 0 Å². The van der Waals surface area contributed by atoms with E-state index in [1.807, 2.05) is 0 Å². The fourth-order valence-corrected chi connectivity index (χ4v) is 4.06. The molecule has 3 rings (SSSR count). The molecule has 49 heavy (non-hydrogen) atoms. The van der Waals surface area contributed by atoms with Gasteiger partial charge in [-0.3, -0.25) is 19.7 Å². The largest absolute Gasteiger partial charge is 0.489 e. The van der Waals surface area contributed by atoms with Gasteiger partial charge in [0, 0.05) is 11.1 Å². The molecule has 262 valence electrons. The minimum absolute atomic E-state index is 0.0572. The number of amides is 3. The number of aliphatic hydroxyl groups is 2. The standard InChI is InChI=1S/C34H39N3O12/c1-20(40)19-48-29-18-23(32(43)45-5)8-11-25(29)36-31(42)21-6-9-24(27(16-21)46-14-12-38)35-30(41)22-7-10-26(28(17-22)47-15-13-39)37-33(44)49-34(2,3)4/h6-11,16-18,38-39H,12-15,19H2,1-5H3,(H,35,41)(H,36,42)(H,37,44). The zero-order chi connectivity index (χ0) is 36.1. The monoisotopic (exact) mass is 681 g/mol. The van der Waals surface area contributed by atoms with Crippen LogP contribution in [0.4, 0.5) is 21.9 Å². The highest BCUT2D eigenvalue weighted by Gasteiger charge is 2.21. The van der Waals surface area contributed by atoms with Gasteiger partial charge in [0.05, 0.1) is 42.9 Å². The third-order valence-corrected chi connectivity index (χ3v) is 6.15. The van der Waals surface area contributed by atoms with Crippen molar-refractivity contribution in [2.45, 2.75) is 33.3 Å². The Bertz CT molecular complexity index is 1680. The van der Waals surface area contributed by atoms with Crippen LogP contribution in [0.2, 0.25) is 0 Å². The van der Waals surface area contributed by atoms with E-state index >= 15 is 0 Å². The molecule has 0 spiro atoms. The van der Waals surface area contributed by atoms with E-state index in [0.29, 0.717) is 0 Å². The second-order valence-electron chi connectivity index (χ2n) is 11.3.